The second kappa shape index (κ2) is 5.31. The maximum atomic E-state index is 6.37. The molecule has 1 atom stereocenters. The van der Waals surface area contributed by atoms with Gasteiger partial charge in [-0.15, -0.1) is 11.3 Å². The zero-order valence-corrected chi connectivity index (χ0v) is 11.9. The normalized spacial score (nSPS) is 15.9. The van der Waals surface area contributed by atoms with Crippen LogP contribution in [0.3, 0.4) is 0 Å². The fourth-order valence-corrected chi connectivity index (χ4v) is 3.84. The van der Waals surface area contributed by atoms with E-state index in [4.69, 9.17) is 10.5 Å². The predicted molar refractivity (Wildman–Crippen MR) is 77.8 cm³/mol. The van der Waals surface area contributed by atoms with Gasteiger partial charge in [0.2, 0.25) is 0 Å². The molecule has 0 amide bonds. The Morgan fingerprint density at radius 2 is 2.11 bits per heavy atom. The highest BCUT2D eigenvalue weighted by Crippen LogP contribution is 2.34. The summed E-state index contributed by atoms with van der Waals surface area (Å²) in [4.78, 5) is 6.94. The molecule has 0 bridgehead atoms. The van der Waals surface area contributed by atoms with Crippen molar-refractivity contribution < 1.29 is 4.74 Å². The molecule has 19 heavy (non-hydrogen) atoms. The van der Waals surface area contributed by atoms with Crippen LogP contribution in [0.1, 0.15) is 39.8 Å². The number of ether oxygens (including phenoxy) is 1. The zero-order chi connectivity index (χ0) is 13.2. The van der Waals surface area contributed by atoms with Crippen LogP contribution in [0.15, 0.2) is 24.5 Å². The second-order valence-electron chi connectivity index (χ2n) is 4.94. The highest BCUT2D eigenvalue weighted by molar-refractivity contribution is 7.12. The average molecular weight is 274 g/mol. The summed E-state index contributed by atoms with van der Waals surface area (Å²) in [5.41, 5.74) is 8.88. The van der Waals surface area contributed by atoms with Crippen LogP contribution in [0.25, 0.3) is 0 Å². The largest absolute Gasteiger partial charge is 0.495 e. The molecule has 3 nitrogen and oxygen atoms in total. The minimum atomic E-state index is -0.0989. The monoisotopic (exact) mass is 274 g/mol. The second-order valence-corrected chi connectivity index (χ2v) is 6.11. The summed E-state index contributed by atoms with van der Waals surface area (Å²) >= 11 is 1.86. The van der Waals surface area contributed by atoms with Crippen LogP contribution in [0, 0.1) is 0 Å². The number of fused-ring (bicyclic) bond motifs is 1. The van der Waals surface area contributed by atoms with Crippen LogP contribution >= 0.6 is 11.3 Å². The lowest BCUT2D eigenvalue weighted by Crippen LogP contribution is -2.10. The highest BCUT2D eigenvalue weighted by Gasteiger charge is 2.18. The molecule has 2 aromatic heterocycles. The maximum absolute atomic E-state index is 6.37. The van der Waals surface area contributed by atoms with Crippen molar-refractivity contribution in [1.29, 1.82) is 0 Å². The fraction of sp³-hybridized carbons (Fsp3) is 0.400. The van der Waals surface area contributed by atoms with E-state index in [1.165, 1.54) is 41.0 Å². The van der Waals surface area contributed by atoms with Gasteiger partial charge in [0.25, 0.3) is 0 Å². The molecule has 3 rings (SSSR count). The van der Waals surface area contributed by atoms with E-state index in [1.807, 2.05) is 23.6 Å². The van der Waals surface area contributed by atoms with E-state index in [9.17, 15) is 0 Å². The van der Waals surface area contributed by atoms with Gasteiger partial charge in [0.1, 0.15) is 5.75 Å². The molecule has 1 aliphatic rings. The van der Waals surface area contributed by atoms with Crippen LogP contribution in [-0.4, -0.2) is 12.1 Å². The summed E-state index contributed by atoms with van der Waals surface area (Å²) in [5.74, 6) is 0.759. The van der Waals surface area contributed by atoms with Gasteiger partial charge in [0.15, 0.2) is 0 Å². The van der Waals surface area contributed by atoms with Crippen molar-refractivity contribution >= 4 is 11.3 Å². The third-order valence-electron chi connectivity index (χ3n) is 3.65. The molecule has 0 spiro atoms. The van der Waals surface area contributed by atoms with Gasteiger partial charge in [-0.3, -0.25) is 4.98 Å². The number of pyridine rings is 1. The van der Waals surface area contributed by atoms with Crippen LogP contribution < -0.4 is 10.5 Å². The van der Waals surface area contributed by atoms with Crippen molar-refractivity contribution in [3.8, 4) is 5.75 Å². The number of thiophene rings is 1. The standard InChI is InChI=1S/C15H18N2OS/c1-18-12-6-11(8-17-9-12)15(16)14-7-10-4-2-3-5-13(10)19-14/h6-9,15H,2-5,16H2,1H3. The van der Waals surface area contributed by atoms with Crippen LogP contribution in [0.5, 0.6) is 5.75 Å². The minimum absolute atomic E-state index is 0.0989. The summed E-state index contributed by atoms with van der Waals surface area (Å²) in [6.07, 6.45) is 8.56. The number of rotatable bonds is 3. The fourth-order valence-electron chi connectivity index (χ4n) is 2.55. The van der Waals surface area contributed by atoms with Crippen molar-refractivity contribution in [2.24, 2.45) is 5.73 Å². The van der Waals surface area contributed by atoms with E-state index in [0.717, 1.165) is 11.3 Å². The summed E-state index contributed by atoms with van der Waals surface area (Å²) in [6.45, 7) is 0. The first-order chi connectivity index (χ1) is 9.28. The Morgan fingerprint density at radius 3 is 2.89 bits per heavy atom. The number of aromatic nitrogens is 1. The Hall–Kier alpha value is -1.39. The van der Waals surface area contributed by atoms with Crippen LogP contribution in [0.2, 0.25) is 0 Å². The Labute approximate surface area is 117 Å². The number of nitrogens with two attached hydrogens (primary N) is 1. The van der Waals surface area contributed by atoms with Gasteiger partial charge >= 0.3 is 0 Å². The Bertz CT molecular complexity index is 556. The van der Waals surface area contributed by atoms with Crippen molar-refractivity contribution in [2.45, 2.75) is 31.7 Å². The van der Waals surface area contributed by atoms with E-state index < -0.39 is 0 Å². The van der Waals surface area contributed by atoms with Gasteiger partial charge in [-0.2, -0.15) is 0 Å². The van der Waals surface area contributed by atoms with Gasteiger partial charge in [-0.05, 0) is 48.9 Å². The van der Waals surface area contributed by atoms with Crippen molar-refractivity contribution in [1.82, 2.24) is 4.98 Å². The highest BCUT2D eigenvalue weighted by atomic mass is 32.1. The molecule has 2 N–H and O–H groups in total. The molecule has 2 heterocycles. The first kappa shape index (κ1) is 12.6. The molecule has 1 aliphatic carbocycles. The average Bonchev–Trinajstić information content (AvgIpc) is 2.90. The molecule has 0 saturated heterocycles. The van der Waals surface area contributed by atoms with Crippen LogP contribution in [-0.2, 0) is 12.8 Å². The molecule has 1 unspecified atom stereocenters. The molecule has 0 radical (unpaired) electrons. The molecule has 2 aromatic rings. The molecular weight excluding hydrogens is 256 g/mol. The van der Waals surface area contributed by atoms with Crippen molar-refractivity contribution in [2.75, 3.05) is 7.11 Å². The first-order valence-corrected chi connectivity index (χ1v) is 7.45. The molecule has 0 saturated carbocycles. The molecule has 0 fully saturated rings. The lowest BCUT2D eigenvalue weighted by atomic mass is 9.98. The quantitative estimate of drug-likeness (QED) is 0.935. The number of nitrogens with zero attached hydrogens (tertiary/aromatic N) is 1. The summed E-state index contributed by atoms with van der Waals surface area (Å²) in [6, 6.07) is 4.15. The summed E-state index contributed by atoms with van der Waals surface area (Å²) in [5, 5.41) is 0. The molecule has 100 valence electrons. The van der Waals surface area contributed by atoms with Crippen LogP contribution in [0.4, 0.5) is 0 Å². The van der Waals surface area contributed by atoms with Crippen molar-refractivity contribution in [3.63, 3.8) is 0 Å². The SMILES string of the molecule is COc1cncc(C(N)c2cc3c(s2)CCCC3)c1. The number of hydrogen-bond acceptors (Lipinski definition) is 4. The van der Waals surface area contributed by atoms with E-state index in [0.29, 0.717) is 0 Å². The number of hydrogen-bond donors (Lipinski definition) is 1. The Balaban J connectivity index is 1.90. The molecular formula is C15H18N2OS. The maximum Gasteiger partial charge on any atom is 0.137 e. The smallest absolute Gasteiger partial charge is 0.137 e. The van der Waals surface area contributed by atoms with E-state index in [-0.39, 0.29) is 6.04 Å². The number of methoxy groups -OCH3 is 1. The third-order valence-corrected chi connectivity index (χ3v) is 4.97. The minimum Gasteiger partial charge on any atom is -0.495 e. The van der Waals surface area contributed by atoms with Gasteiger partial charge in [-0.25, -0.2) is 0 Å². The van der Waals surface area contributed by atoms with Crippen molar-refractivity contribution in [3.05, 3.63) is 45.4 Å². The van der Waals surface area contributed by atoms with E-state index >= 15 is 0 Å². The molecule has 0 aliphatic heterocycles. The molecule has 0 aromatic carbocycles. The predicted octanol–water partition coefficient (Wildman–Crippen LogP) is 3.08. The zero-order valence-electron chi connectivity index (χ0n) is 11.1. The van der Waals surface area contributed by atoms with E-state index in [1.54, 1.807) is 13.3 Å². The topological polar surface area (TPSA) is 48.1 Å². The van der Waals surface area contributed by atoms with Gasteiger partial charge in [-0.1, -0.05) is 0 Å². The molecule has 4 heteroatoms. The first-order valence-electron chi connectivity index (χ1n) is 6.64. The summed E-state index contributed by atoms with van der Waals surface area (Å²) < 4.78 is 5.21. The summed E-state index contributed by atoms with van der Waals surface area (Å²) in [7, 11) is 1.65. The lowest BCUT2D eigenvalue weighted by Gasteiger charge is -2.10. The number of aryl methyl sites for hydroxylation is 2. The van der Waals surface area contributed by atoms with E-state index in [2.05, 4.69) is 11.1 Å². The third kappa shape index (κ3) is 2.51. The van der Waals surface area contributed by atoms with Gasteiger partial charge in [0.05, 0.1) is 19.3 Å². The Kier molecular flexibility index (Phi) is 3.53. The Morgan fingerprint density at radius 1 is 1.26 bits per heavy atom. The van der Waals surface area contributed by atoms with Gasteiger partial charge < -0.3 is 10.5 Å². The van der Waals surface area contributed by atoms with Gasteiger partial charge in [0, 0.05) is 16.0 Å². The lowest BCUT2D eigenvalue weighted by molar-refractivity contribution is 0.412.